The smallest absolute Gasteiger partial charge is 0.251 e. The van der Waals surface area contributed by atoms with Gasteiger partial charge in [-0.05, 0) is 68.1 Å². The van der Waals surface area contributed by atoms with Crippen LogP contribution in [0.15, 0.2) is 22.7 Å². The number of benzene rings is 1. The first-order chi connectivity index (χ1) is 9.15. The molecule has 2 aliphatic rings. The standard InChI is InChI=1S/C16H20BrNO/c1-10-2-3-13(8-15(10)17)16(19)18-9-14(11-4-5-11)12-6-7-12/h2-3,8,11-12,14H,4-7,9H2,1H3,(H,18,19). The van der Waals surface area contributed by atoms with E-state index in [1.165, 1.54) is 25.7 Å². The van der Waals surface area contributed by atoms with Crippen molar-refractivity contribution in [2.24, 2.45) is 17.8 Å². The number of nitrogens with one attached hydrogen (secondary N) is 1. The van der Waals surface area contributed by atoms with Crippen LogP contribution in [0.25, 0.3) is 0 Å². The number of carbonyl (C=O) groups is 1. The van der Waals surface area contributed by atoms with Crippen molar-refractivity contribution in [3.05, 3.63) is 33.8 Å². The molecule has 0 unspecified atom stereocenters. The van der Waals surface area contributed by atoms with E-state index >= 15 is 0 Å². The maximum absolute atomic E-state index is 12.2. The molecule has 1 aromatic carbocycles. The summed E-state index contributed by atoms with van der Waals surface area (Å²) in [6, 6.07) is 5.80. The quantitative estimate of drug-likeness (QED) is 0.874. The molecule has 2 nitrogen and oxygen atoms in total. The van der Waals surface area contributed by atoms with Crippen LogP contribution in [0.2, 0.25) is 0 Å². The summed E-state index contributed by atoms with van der Waals surface area (Å²) in [6.45, 7) is 2.89. The Morgan fingerprint density at radius 2 is 1.95 bits per heavy atom. The molecule has 1 aromatic rings. The second-order valence-corrected chi connectivity index (χ2v) is 6.87. The third kappa shape index (κ3) is 3.19. The zero-order valence-electron chi connectivity index (χ0n) is 11.3. The molecular weight excluding hydrogens is 302 g/mol. The first-order valence-corrected chi connectivity index (χ1v) is 7.99. The summed E-state index contributed by atoms with van der Waals surface area (Å²) in [7, 11) is 0. The number of amides is 1. The molecule has 19 heavy (non-hydrogen) atoms. The lowest BCUT2D eigenvalue weighted by molar-refractivity contribution is 0.0943. The minimum atomic E-state index is 0.0620. The van der Waals surface area contributed by atoms with Crippen molar-refractivity contribution in [2.45, 2.75) is 32.6 Å². The first-order valence-electron chi connectivity index (χ1n) is 7.19. The highest BCUT2D eigenvalue weighted by Gasteiger charge is 2.41. The fraction of sp³-hybridized carbons (Fsp3) is 0.562. The van der Waals surface area contributed by atoms with Crippen LogP contribution < -0.4 is 5.32 Å². The highest BCUT2D eigenvalue weighted by Crippen LogP contribution is 2.48. The van der Waals surface area contributed by atoms with Crippen molar-refractivity contribution < 1.29 is 4.79 Å². The van der Waals surface area contributed by atoms with Crippen LogP contribution in [0.4, 0.5) is 0 Å². The third-order valence-corrected chi connectivity index (χ3v) is 5.24. The fourth-order valence-corrected chi connectivity index (χ4v) is 3.19. The molecule has 2 fully saturated rings. The summed E-state index contributed by atoms with van der Waals surface area (Å²) < 4.78 is 1.00. The molecule has 0 heterocycles. The Morgan fingerprint density at radius 1 is 1.32 bits per heavy atom. The molecule has 0 atom stereocenters. The summed E-state index contributed by atoms with van der Waals surface area (Å²) in [5.41, 5.74) is 1.91. The topological polar surface area (TPSA) is 29.1 Å². The maximum atomic E-state index is 12.2. The van der Waals surface area contributed by atoms with Gasteiger partial charge in [-0.2, -0.15) is 0 Å². The average molecular weight is 322 g/mol. The molecule has 3 heteroatoms. The number of hydrogen-bond donors (Lipinski definition) is 1. The predicted molar refractivity (Wildman–Crippen MR) is 80.2 cm³/mol. The van der Waals surface area contributed by atoms with E-state index in [2.05, 4.69) is 21.2 Å². The molecule has 0 aliphatic heterocycles. The van der Waals surface area contributed by atoms with E-state index in [9.17, 15) is 4.79 Å². The van der Waals surface area contributed by atoms with Gasteiger partial charge in [0.1, 0.15) is 0 Å². The van der Waals surface area contributed by atoms with E-state index < -0.39 is 0 Å². The third-order valence-electron chi connectivity index (χ3n) is 4.39. The van der Waals surface area contributed by atoms with Crippen LogP contribution >= 0.6 is 15.9 Å². The van der Waals surface area contributed by atoms with Gasteiger partial charge in [0.25, 0.3) is 5.91 Å². The van der Waals surface area contributed by atoms with Gasteiger partial charge in [-0.15, -0.1) is 0 Å². The van der Waals surface area contributed by atoms with Crippen LogP contribution in [-0.4, -0.2) is 12.5 Å². The monoisotopic (exact) mass is 321 g/mol. The van der Waals surface area contributed by atoms with Crippen LogP contribution in [0.1, 0.15) is 41.6 Å². The summed E-state index contributed by atoms with van der Waals surface area (Å²) in [6.07, 6.45) is 5.47. The van der Waals surface area contributed by atoms with Crippen LogP contribution in [0, 0.1) is 24.7 Å². The second kappa shape index (κ2) is 5.28. The Hall–Kier alpha value is -0.830. The molecular formula is C16H20BrNO. The maximum Gasteiger partial charge on any atom is 0.251 e. The largest absolute Gasteiger partial charge is 0.352 e. The molecule has 1 N–H and O–H groups in total. The summed E-state index contributed by atoms with van der Waals surface area (Å²) >= 11 is 3.48. The Bertz CT molecular complexity index is 480. The van der Waals surface area contributed by atoms with Crippen LogP contribution in [-0.2, 0) is 0 Å². The Kier molecular flexibility index (Phi) is 3.66. The highest BCUT2D eigenvalue weighted by atomic mass is 79.9. The molecule has 0 aromatic heterocycles. The van der Waals surface area contributed by atoms with Crippen LogP contribution in [0.3, 0.4) is 0 Å². The fourth-order valence-electron chi connectivity index (χ4n) is 2.81. The minimum absolute atomic E-state index is 0.0620. The summed E-state index contributed by atoms with van der Waals surface area (Å²) in [5.74, 6) is 2.57. The van der Waals surface area contributed by atoms with Gasteiger partial charge in [-0.1, -0.05) is 22.0 Å². The van der Waals surface area contributed by atoms with Gasteiger partial charge in [0, 0.05) is 16.6 Å². The molecule has 2 saturated carbocycles. The van der Waals surface area contributed by atoms with E-state index in [0.717, 1.165) is 39.9 Å². The van der Waals surface area contributed by atoms with E-state index in [0.29, 0.717) is 0 Å². The van der Waals surface area contributed by atoms with E-state index in [1.807, 2.05) is 25.1 Å². The van der Waals surface area contributed by atoms with Crippen molar-refractivity contribution in [3.8, 4) is 0 Å². The van der Waals surface area contributed by atoms with Crippen molar-refractivity contribution in [1.82, 2.24) is 5.32 Å². The van der Waals surface area contributed by atoms with Gasteiger partial charge in [0.2, 0.25) is 0 Å². The van der Waals surface area contributed by atoms with Crippen molar-refractivity contribution in [3.63, 3.8) is 0 Å². The van der Waals surface area contributed by atoms with Gasteiger partial charge < -0.3 is 5.32 Å². The van der Waals surface area contributed by atoms with Gasteiger partial charge in [-0.25, -0.2) is 0 Å². The lowest BCUT2D eigenvalue weighted by atomic mass is 9.98. The number of carbonyl (C=O) groups excluding carboxylic acids is 1. The Balaban J connectivity index is 1.59. The predicted octanol–water partition coefficient (Wildman–Crippen LogP) is 3.92. The van der Waals surface area contributed by atoms with Gasteiger partial charge in [0.05, 0.1) is 0 Å². The minimum Gasteiger partial charge on any atom is -0.352 e. The number of hydrogen-bond acceptors (Lipinski definition) is 1. The van der Waals surface area contributed by atoms with Gasteiger partial charge in [0.15, 0.2) is 0 Å². The molecule has 1 amide bonds. The Labute approximate surface area is 123 Å². The molecule has 0 saturated heterocycles. The molecule has 2 aliphatic carbocycles. The molecule has 3 rings (SSSR count). The van der Waals surface area contributed by atoms with Crippen molar-refractivity contribution >= 4 is 21.8 Å². The van der Waals surface area contributed by atoms with E-state index in [4.69, 9.17) is 0 Å². The molecule has 0 bridgehead atoms. The highest BCUT2D eigenvalue weighted by molar-refractivity contribution is 9.10. The van der Waals surface area contributed by atoms with E-state index in [1.54, 1.807) is 0 Å². The van der Waals surface area contributed by atoms with Crippen LogP contribution in [0.5, 0.6) is 0 Å². The number of rotatable bonds is 5. The van der Waals surface area contributed by atoms with Crippen molar-refractivity contribution in [1.29, 1.82) is 0 Å². The van der Waals surface area contributed by atoms with Gasteiger partial charge in [-0.3, -0.25) is 4.79 Å². The van der Waals surface area contributed by atoms with E-state index in [-0.39, 0.29) is 5.91 Å². The summed E-state index contributed by atoms with van der Waals surface area (Å²) in [5, 5.41) is 3.13. The summed E-state index contributed by atoms with van der Waals surface area (Å²) in [4.78, 5) is 12.2. The molecule has 102 valence electrons. The average Bonchev–Trinajstić information content (AvgIpc) is 3.26. The Morgan fingerprint density at radius 3 is 2.47 bits per heavy atom. The zero-order valence-corrected chi connectivity index (χ0v) is 12.9. The molecule has 0 radical (unpaired) electrons. The van der Waals surface area contributed by atoms with Crippen molar-refractivity contribution in [2.75, 3.05) is 6.54 Å². The zero-order chi connectivity index (χ0) is 13.4. The molecule has 0 spiro atoms. The lowest BCUT2D eigenvalue weighted by Gasteiger charge is -2.16. The first kappa shape index (κ1) is 13.2. The van der Waals surface area contributed by atoms with Gasteiger partial charge >= 0.3 is 0 Å². The number of aryl methyl sites for hydroxylation is 1. The normalized spacial score (nSPS) is 18.7. The second-order valence-electron chi connectivity index (χ2n) is 6.01. The lowest BCUT2D eigenvalue weighted by Crippen LogP contribution is -2.31. The number of halogens is 1. The SMILES string of the molecule is Cc1ccc(C(=O)NCC(C2CC2)C2CC2)cc1Br.